The fraction of sp³-hybridized carbons (Fsp3) is 0.333. The fourth-order valence-electron chi connectivity index (χ4n) is 3.16. The summed E-state index contributed by atoms with van der Waals surface area (Å²) in [6.07, 6.45) is 1.54. The summed E-state index contributed by atoms with van der Waals surface area (Å²) in [5, 5.41) is 18.5. The van der Waals surface area contributed by atoms with Crippen molar-refractivity contribution in [3.05, 3.63) is 58.3 Å². The van der Waals surface area contributed by atoms with Gasteiger partial charge in [-0.25, -0.2) is 0 Å². The monoisotopic (exact) mass is 351 g/mol. The molecule has 0 aliphatic carbocycles. The van der Waals surface area contributed by atoms with Gasteiger partial charge in [0.05, 0.1) is 16.8 Å². The molecule has 0 fully saturated rings. The van der Waals surface area contributed by atoms with Crippen molar-refractivity contribution >= 4 is 16.8 Å². The van der Waals surface area contributed by atoms with Gasteiger partial charge in [-0.3, -0.25) is 9.89 Å². The third-order valence-corrected chi connectivity index (χ3v) is 4.84. The minimum atomic E-state index is -0.176. The van der Waals surface area contributed by atoms with Crippen molar-refractivity contribution < 1.29 is 9.90 Å². The molecule has 0 atom stereocenters. The number of fused-ring (bicyclic) bond motifs is 1. The van der Waals surface area contributed by atoms with Gasteiger partial charge in [0.1, 0.15) is 5.75 Å². The Balaban J connectivity index is 1.98. The SMILES string of the molecule is CCCN(C)C(=O)c1cc2c(Cc3ccc(C)c(C)c3)n[nH]c2cc1O. The van der Waals surface area contributed by atoms with Crippen LogP contribution < -0.4 is 0 Å². The van der Waals surface area contributed by atoms with Crippen molar-refractivity contribution in [1.82, 2.24) is 15.1 Å². The number of phenols is 1. The van der Waals surface area contributed by atoms with Crippen molar-refractivity contribution in [2.24, 2.45) is 0 Å². The third kappa shape index (κ3) is 3.43. The molecule has 3 rings (SSSR count). The Morgan fingerprint density at radius 1 is 1.19 bits per heavy atom. The van der Waals surface area contributed by atoms with Gasteiger partial charge in [-0.2, -0.15) is 5.10 Å². The van der Waals surface area contributed by atoms with Crippen LogP contribution in [0.2, 0.25) is 0 Å². The summed E-state index contributed by atoms with van der Waals surface area (Å²) in [4.78, 5) is 14.2. The molecule has 2 N–H and O–H groups in total. The van der Waals surface area contributed by atoms with Crippen LogP contribution >= 0.6 is 0 Å². The maximum Gasteiger partial charge on any atom is 0.257 e. The molecule has 5 heteroatoms. The molecule has 0 bridgehead atoms. The summed E-state index contributed by atoms with van der Waals surface area (Å²) in [6, 6.07) is 9.71. The smallest absolute Gasteiger partial charge is 0.257 e. The number of H-pyrrole nitrogens is 1. The van der Waals surface area contributed by atoms with E-state index in [2.05, 4.69) is 42.2 Å². The van der Waals surface area contributed by atoms with E-state index in [1.807, 2.05) is 6.92 Å². The van der Waals surface area contributed by atoms with Crippen LogP contribution in [-0.2, 0) is 6.42 Å². The highest BCUT2D eigenvalue weighted by atomic mass is 16.3. The first-order valence-electron chi connectivity index (χ1n) is 8.92. The highest BCUT2D eigenvalue weighted by Crippen LogP contribution is 2.28. The molecule has 0 aliphatic rings. The Morgan fingerprint density at radius 2 is 1.96 bits per heavy atom. The van der Waals surface area contributed by atoms with Gasteiger partial charge in [-0.1, -0.05) is 25.1 Å². The zero-order valence-corrected chi connectivity index (χ0v) is 15.8. The number of hydrogen-bond donors (Lipinski definition) is 2. The molecule has 0 aliphatic heterocycles. The first-order chi connectivity index (χ1) is 12.4. The molecular formula is C21H25N3O2. The Morgan fingerprint density at radius 3 is 2.65 bits per heavy atom. The number of aromatic nitrogens is 2. The Kier molecular flexibility index (Phi) is 4.98. The molecule has 1 aromatic heterocycles. The molecule has 5 nitrogen and oxygen atoms in total. The summed E-state index contributed by atoms with van der Waals surface area (Å²) in [5.41, 5.74) is 5.60. The minimum absolute atomic E-state index is 0.0215. The molecule has 1 heterocycles. The second-order valence-electron chi connectivity index (χ2n) is 6.91. The standard InChI is InChI=1S/C21H25N3O2/c1-5-8-24(4)21(26)17-11-16-18(22-23-19(16)12-20(17)25)10-15-7-6-13(2)14(3)9-15/h6-7,9,11-12,25H,5,8,10H2,1-4H3,(H,22,23). The number of rotatable bonds is 5. The van der Waals surface area contributed by atoms with E-state index in [1.165, 1.54) is 16.7 Å². The van der Waals surface area contributed by atoms with Crippen molar-refractivity contribution in [2.75, 3.05) is 13.6 Å². The molecule has 26 heavy (non-hydrogen) atoms. The number of hydrogen-bond acceptors (Lipinski definition) is 3. The number of phenolic OH excluding ortho intramolecular Hbond substituents is 1. The summed E-state index contributed by atoms with van der Waals surface area (Å²) >= 11 is 0. The van der Waals surface area contributed by atoms with Crippen LogP contribution in [0.25, 0.3) is 10.9 Å². The van der Waals surface area contributed by atoms with Crippen LogP contribution in [-0.4, -0.2) is 39.7 Å². The first kappa shape index (κ1) is 18.0. The van der Waals surface area contributed by atoms with Gasteiger partial charge in [0.25, 0.3) is 5.91 Å². The normalized spacial score (nSPS) is 11.1. The van der Waals surface area contributed by atoms with E-state index < -0.39 is 0 Å². The molecule has 0 spiro atoms. The van der Waals surface area contributed by atoms with E-state index >= 15 is 0 Å². The van der Waals surface area contributed by atoms with Crippen molar-refractivity contribution in [3.63, 3.8) is 0 Å². The quantitative estimate of drug-likeness (QED) is 0.731. The van der Waals surface area contributed by atoms with Crippen LogP contribution in [0.15, 0.2) is 30.3 Å². The van der Waals surface area contributed by atoms with Crippen LogP contribution in [0.1, 0.15) is 46.1 Å². The number of nitrogens with zero attached hydrogens (tertiary/aromatic N) is 2. The third-order valence-electron chi connectivity index (χ3n) is 4.84. The highest BCUT2D eigenvalue weighted by molar-refractivity contribution is 6.01. The second kappa shape index (κ2) is 7.20. The Bertz CT molecular complexity index is 959. The maximum absolute atomic E-state index is 12.6. The van der Waals surface area contributed by atoms with E-state index in [4.69, 9.17) is 0 Å². The Hall–Kier alpha value is -2.82. The number of carbonyl (C=O) groups excluding carboxylic acids is 1. The average Bonchev–Trinajstić information content (AvgIpc) is 2.98. The zero-order valence-electron chi connectivity index (χ0n) is 15.8. The number of carbonyl (C=O) groups is 1. The van der Waals surface area contributed by atoms with Gasteiger partial charge in [-0.05, 0) is 43.0 Å². The van der Waals surface area contributed by atoms with Crippen LogP contribution in [0.3, 0.4) is 0 Å². The van der Waals surface area contributed by atoms with E-state index in [1.54, 1.807) is 24.1 Å². The molecule has 0 unspecified atom stereocenters. The van der Waals surface area contributed by atoms with Gasteiger partial charge < -0.3 is 10.0 Å². The topological polar surface area (TPSA) is 69.2 Å². The Labute approximate surface area is 153 Å². The zero-order chi connectivity index (χ0) is 18.8. The lowest BCUT2D eigenvalue weighted by atomic mass is 10.0. The fourth-order valence-corrected chi connectivity index (χ4v) is 3.16. The van der Waals surface area contributed by atoms with E-state index in [0.29, 0.717) is 18.5 Å². The van der Waals surface area contributed by atoms with Gasteiger partial charge in [0.15, 0.2) is 0 Å². The molecule has 1 amide bonds. The number of nitrogens with one attached hydrogen (secondary N) is 1. The molecule has 0 radical (unpaired) electrons. The molecule has 136 valence electrons. The summed E-state index contributed by atoms with van der Waals surface area (Å²) in [6.45, 7) is 6.86. The molecule has 3 aromatic rings. The van der Waals surface area contributed by atoms with Crippen molar-refractivity contribution in [3.8, 4) is 5.75 Å². The molecule has 0 saturated carbocycles. The predicted molar refractivity (Wildman–Crippen MR) is 104 cm³/mol. The second-order valence-corrected chi connectivity index (χ2v) is 6.91. The number of aromatic hydroxyl groups is 1. The first-order valence-corrected chi connectivity index (χ1v) is 8.92. The van der Waals surface area contributed by atoms with Crippen LogP contribution in [0.5, 0.6) is 5.75 Å². The number of aryl methyl sites for hydroxylation is 2. The molecule has 0 saturated heterocycles. The summed E-state index contributed by atoms with van der Waals surface area (Å²) in [5.74, 6) is -0.198. The highest BCUT2D eigenvalue weighted by Gasteiger charge is 2.18. The number of benzene rings is 2. The predicted octanol–water partition coefficient (Wildman–Crippen LogP) is 3.96. The van der Waals surface area contributed by atoms with Crippen LogP contribution in [0.4, 0.5) is 0 Å². The lowest BCUT2D eigenvalue weighted by molar-refractivity contribution is 0.0792. The van der Waals surface area contributed by atoms with Crippen LogP contribution in [0, 0.1) is 13.8 Å². The van der Waals surface area contributed by atoms with E-state index in [-0.39, 0.29) is 11.7 Å². The minimum Gasteiger partial charge on any atom is -0.507 e. The van der Waals surface area contributed by atoms with Gasteiger partial charge in [0.2, 0.25) is 0 Å². The van der Waals surface area contributed by atoms with Gasteiger partial charge in [-0.15, -0.1) is 0 Å². The van der Waals surface area contributed by atoms with E-state index in [0.717, 1.165) is 23.0 Å². The van der Waals surface area contributed by atoms with Gasteiger partial charge >= 0.3 is 0 Å². The number of amides is 1. The largest absolute Gasteiger partial charge is 0.507 e. The molecular weight excluding hydrogens is 326 g/mol. The van der Waals surface area contributed by atoms with E-state index in [9.17, 15) is 9.90 Å². The number of aromatic amines is 1. The lowest BCUT2D eigenvalue weighted by Gasteiger charge is -2.16. The maximum atomic E-state index is 12.6. The van der Waals surface area contributed by atoms with Crippen molar-refractivity contribution in [2.45, 2.75) is 33.6 Å². The average molecular weight is 351 g/mol. The van der Waals surface area contributed by atoms with Crippen molar-refractivity contribution in [1.29, 1.82) is 0 Å². The summed E-state index contributed by atoms with van der Waals surface area (Å²) in [7, 11) is 1.75. The lowest BCUT2D eigenvalue weighted by Crippen LogP contribution is -2.27. The summed E-state index contributed by atoms with van der Waals surface area (Å²) < 4.78 is 0. The molecule has 2 aromatic carbocycles. The van der Waals surface area contributed by atoms with Gasteiger partial charge in [0, 0.05) is 31.5 Å².